The molecule has 0 saturated heterocycles. The zero-order valence-corrected chi connectivity index (χ0v) is 9.06. The van der Waals surface area contributed by atoms with E-state index in [9.17, 15) is 0 Å². The summed E-state index contributed by atoms with van der Waals surface area (Å²) < 4.78 is 0. The molecule has 0 aliphatic carbocycles. The molecule has 1 aromatic heterocycles. The number of thioether (sulfide) groups is 1. The van der Waals surface area contributed by atoms with Crippen molar-refractivity contribution in [2.24, 2.45) is 0 Å². The van der Waals surface area contributed by atoms with Crippen LogP contribution in [0.5, 0.6) is 0 Å². The van der Waals surface area contributed by atoms with Gasteiger partial charge < -0.3 is 5.32 Å². The monoisotopic (exact) mass is 197 g/mol. The third kappa shape index (κ3) is 3.74. The Kier molecular flexibility index (Phi) is 4.18. The number of nitrogens with zero attached hydrogens (tertiary/aromatic N) is 2. The fourth-order valence-electron chi connectivity index (χ4n) is 0.862. The van der Waals surface area contributed by atoms with Gasteiger partial charge in [0.15, 0.2) is 5.16 Å². The SMILES string of the molecule is CSc1ncc(CNC(C)C)cn1. The largest absolute Gasteiger partial charge is 0.310 e. The second-order valence-electron chi connectivity index (χ2n) is 3.11. The van der Waals surface area contributed by atoms with Crippen molar-refractivity contribution in [1.82, 2.24) is 15.3 Å². The first-order valence-electron chi connectivity index (χ1n) is 4.30. The molecule has 0 aromatic carbocycles. The Morgan fingerprint density at radius 3 is 2.46 bits per heavy atom. The van der Waals surface area contributed by atoms with E-state index in [-0.39, 0.29) is 0 Å². The Morgan fingerprint density at radius 1 is 1.38 bits per heavy atom. The van der Waals surface area contributed by atoms with E-state index in [1.54, 1.807) is 11.8 Å². The smallest absolute Gasteiger partial charge is 0.187 e. The number of rotatable bonds is 4. The van der Waals surface area contributed by atoms with Crippen molar-refractivity contribution >= 4 is 11.8 Å². The summed E-state index contributed by atoms with van der Waals surface area (Å²) in [5.74, 6) is 0. The highest BCUT2D eigenvalue weighted by molar-refractivity contribution is 7.98. The van der Waals surface area contributed by atoms with Gasteiger partial charge in [-0.3, -0.25) is 0 Å². The van der Waals surface area contributed by atoms with Crippen molar-refractivity contribution < 1.29 is 0 Å². The molecule has 0 aliphatic heterocycles. The van der Waals surface area contributed by atoms with Crippen molar-refractivity contribution in [1.29, 1.82) is 0 Å². The Bertz CT molecular complexity index is 246. The maximum absolute atomic E-state index is 4.19. The lowest BCUT2D eigenvalue weighted by molar-refractivity contribution is 0.585. The van der Waals surface area contributed by atoms with E-state index >= 15 is 0 Å². The summed E-state index contributed by atoms with van der Waals surface area (Å²) in [7, 11) is 0. The highest BCUT2D eigenvalue weighted by Crippen LogP contribution is 2.06. The molecule has 1 N–H and O–H groups in total. The van der Waals surface area contributed by atoms with Crippen molar-refractivity contribution in [2.75, 3.05) is 6.26 Å². The van der Waals surface area contributed by atoms with E-state index in [0.29, 0.717) is 6.04 Å². The lowest BCUT2D eigenvalue weighted by Gasteiger charge is -2.07. The van der Waals surface area contributed by atoms with Crippen LogP contribution in [0.15, 0.2) is 17.6 Å². The van der Waals surface area contributed by atoms with Gasteiger partial charge in [0, 0.05) is 30.5 Å². The molecular formula is C9H15N3S. The van der Waals surface area contributed by atoms with Crippen molar-refractivity contribution in [3.8, 4) is 0 Å². The molecule has 1 aromatic rings. The summed E-state index contributed by atoms with van der Waals surface area (Å²) in [5, 5.41) is 4.14. The lowest BCUT2D eigenvalue weighted by Crippen LogP contribution is -2.21. The van der Waals surface area contributed by atoms with Gasteiger partial charge in [-0.1, -0.05) is 25.6 Å². The molecule has 1 rings (SSSR count). The zero-order chi connectivity index (χ0) is 9.68. The van der Waals surface area contributed by atoms with Crippen LogP contribution in [0.3, 0.4) is 0 Å². The Labute approximate surface area is 83.4 Å². The molecule has 4 heteroatoms. The van der Waals surface area contributed by atoms with Gasteiger partial charge in [-0.2, -0.15) is 0 Å². The number of nitrogens with one attached hydrogen (secondary N) is 1. The quantitative estimate of drug-likeness (QED) is 0.589. The second kappa shape index (κ2) is 5.19. The Morgan fingerprint density at radius 2 is 2.00 bits per heavy atom. The van der Waals surface area contributed by atoms with Crippen molar-refractivity contribution in [2.45, 2.75) is 31.6 Å². The zero-order valence-electron chi connectivity index (χ0n) is 8.24. The molecule has 0 unspecified atom stereocenters. The van der Waals surface area contributed by atoms with Gasteiger partial charge in [-0.15, -0.1) is 0 Å². The van der Waals surface area contributed by atoms with Gasteiger partial charge in [-0.05, 0) is 6.26 Å². The summed E-state index contributed by atoms with van der Waals surface area (Å²) in [6.07, 6.45) is 5.71. The summed E-state index contributed by atoms with van der Waals surface area (Å²) in [5.41, 5.74) is 1.13. The molecule has 0 bridgehead atoms. The van der Waals surface area contributed by atoms with Crippen molar-refractivity contribution in [3.63, 3.8) is 0 Å². The average molecular weight is 197 g/mol. The van der Waals surface area contributed by atoms with Crippen LogP contribution < -0.4 is 5.32 Å². The molecule has 72 valence electrons. The Balaban J connectivity index is 2.49. The first-order chi connectivity index (χ1) is 6.22. The van der Waals surface area contributed by atoms with Crippen LogP contribution in [0.2, 0.25) is 0 Å². The topological polar surface area (TPSA) is 37.8 Å². The predicted octanol–water partition coefficient (Wildman–Crippen LogP) is 1.70. The molecule has 0 spiro atoms. The molecule has 0 saturated carbocycles. The lowest BCUT2D eigenvalue weighted by atomic mass is 10.3. The van der Waals surface area contributed by atoms with E-state index in [1.807, 2.05) is 18.6 Å². The Hall–Kier alpha value is -0.610. The third-order valence-corrected chi connectivity index (χ3v) is 2.15. The van der Waals surface area contributed by atoms with Gasteiger partial charge in [-0.25, -0.2) is 9.97 Å². The minimum absolute atomic E-state index is 0.500. The molecule has 13 heavy (non-hydrogen) atoms. The van der Waals surface area contributed by atoms with Gasteiger partial charge in [0.1, 0.15) is 0 Å². The molecule has 0 aliphatic rings. The predicted molar refractivity (Wildman–Crippen MR) is 55.8 cm³/mol. The van der Waals surface area contributed by atoms with Crippen molar-refractivity contribution in [3.05, 3.63) is 18.0 Å². The molecule has 0 atom stereocenters. The fraction of sp³-hybridized carbons (Fsp3) is 0.556. The van der Waals surface area contributed by atoms with Gasteiger partial charge in [0.25, 0.3) is 0 Å². The third-order valence-electron chi connectivity index (χ3n) is 1.58. The maximum atomic E-state index is 4.19. The van der Waals surface area contributed by atoms with Crippen LogP contribution >= 0.6 is 11.8 Å². The molecule has 3 nitrogen and oxygen atoms in total. The van der Waals surface area contributed by atoms with E-state index in [0.717, 1.165) is 17.3 Å². The van der Waals surface area contributed by atoms with Crippen LogP contribution in [0.1, 0.15) is 19.4 Å². The normalized spacial score (nSPS) is 10.8. The van der Waals surface area contributed by atoms with E-state index < -0.39 is 0 Å². The van der Waals surface area contributed by atoms with Crippen LogP contribution in [0.25, 0.3) is 0 Å². The average Bonchev–Trinajstić information content (AvgIpc) is 2.15. The van der Waals surface area contributed by atoms with Gasteiger partial charge in [0.05, 0.1) is 0 Å². The second-order valence-corrected chi connectivity index (χ2v) is 3.89. The molecular weight excluding hydrogens is 182 g/mol. The first kappa shape index (κ1) is 10.5. The van der Waals surface area contributed by atoms with E-state index in [2.05, 4.69) is 29.1 Å². The highest BCUT2D eigenvalue weighted by Gasteiger charge is 1.97. The molecule has 0 fully saturated rings. The summed E-state index contributed by atoms with van der Waals surface area (Å²) in [6.45, 7) is 5.08. The van der Waals surface area contributed by atoms with Gasteiger partial charge >= 0.3 is 0 Å². The van der Waals surface area contributed by atoms with Crippen LogP contribution in [0.4, 0.5) is 0 Å². The molecule has 0 amide bonds. The standard InChI is InChI=1S/C9H15N3S/c1-7(2)10-4-8-5-11-9(13-3)12-6-8/h5-7,10H,4H2,1-3H3. The van der Waals surface area contributed by atoms with E-state index in [4.69, 9.17) is 0 Å². The summed E-state index contributed by atoms with van der Waals surface area (Å²) in [6, 6.07) is 0.500. The van der Waals surface area contributed by atoms with Crippen LogP contribution in [0, 0.1) is 0 Å². The number of hydrogen-bond donors (Lipinski definition) is 1. The fourth-order valence-corrected chi connectivity index (χ4v) is 1.18. The minimum atomic E-state index is 0.500. The highest BCUT2D eigenvalue weighted by atomic mass is 32.2. The van der Waals surface area contributed by atoms with Crippen LogP contribution in [-0.4, -0.2) is 22.3 Å². The first-order valence-corrected chi connectivity index (χ1v) is 5.53. The maximum Gasteiger partial charge on any atom is 0.187 e. The molecule has 0 radical (unpaired) electrons. The molecule has 1 heterocycles. The minimum Gasteiger partial charge on any atom is -0.310 e. The number of hydrogen-bond acceptors (Lipinski definition) is 4. The van der Waals surface area contributed by atoms with E-state index in [1.165, 1.54) is 0 Å². The summed E-state index contributed by atoms with van der Waals surface area (Å²) in [4.78, 5) is 8.37. The van der Waals surface area contributed by atoms with Crippen LogP contribution in [-0.2, 0) is 6.54 Å². The van der Waals surface area contributed by atoms with Gasteiger partial charge in [0.2, 0.25) is 0 Å². The summed E-state index contributed by atoms with van der Waals surface area (Å²) >= 11 is 1.56. The number of aromatic nitrogens is 2.